The summed E-state index contributed by atoms with van der Waals surface area (Å²) in [4.78, 5) is 17.6. The number of para-hydroxylation sites is 2. The van der Waals surface area contributed by atoms with E-state index in [0.717, 1.165) is 51.2 Å². The van der Waals surface area contributed by atoms with E-state index in [1.54, 1.807) is 25.2 Å². The fourth-order valence-corrected chi connectivity index (χ4v) is 3.59. The minimum absolute atomic E-state index is 0. The van der Waals surface area contributed by atoms with Crippen LogP contribution in [0.3, 0.4) is 0 Å². The summed E-state index contributed by atoms with van der Waals surface area (Å²) in [5.41, 5.74) is 0.679. The number of carbonyl (C=O) groups is 1. The van der Waals surface area contributed by atoms with Crippen molar-refractivity contribution in [1.29, 1.82) is 0 Å². The number of carbonyl (C=O) groups excluding carboxylic acids is 1. The van der Waals surface area contributed by atoms with Crippen molar-refractivity contribution >= 4 is 41.6 Å². The predicted molar refractivity (Wildman–Crippen MR) is 133 cm³/mol. The highest BCUT2D eigenvalue weighted by molar-refractivity contribution is 14.0. The molecule has 0 bridgehead atoms. The van der Waals surface area contributed by atoms with Crippen LogP contribution in [0.1, 0.15) is 45.4 Å². The van der Waals surface area contributed by atoms with Crippen molar-refractivity contribution in [2.45, 2.75) is 58.1 Å². The van der Waals surface area contributed by atoms with E-state index < -0.39 is 6.61 Å². The summed E-state index contributed by atoms with van der Waals surface area (Å²) in [6.07, 6.45) is 5.20. The van der Waals surface area contributed by atoms with Crippen LogP contribution in [0.5, 0.6) is 5.75 Å². The molecule has 1 atom stereocenters. The van der Waals surface area contributed by atoms with Crippen molar-refractivity contribution in [3.63, 3.8) is 0 Å². The monoisotopic (exact) mass is 568 g/mol. The van der Waals surface area contributed by atoms with E-state index in [1.807, 2.05) is 17.9 Å². The number of benzene rings is 1. The third kappa shape index (κ3) is 10.2. The first-order chi connectivity index (χ1) is 15.0. The van der Waals surface area contributed by atoms with Crippen molar-refractivity contribution in [3.8, 4) is 5.75 Å². The number of nitrogens with one attached hydrogen (secondary N) is 2. The number of hydrogen-bond acceptors (Lipinski definition) is 5. The molecule has 0 radical (unpaired) electrons. The highest BCUT2D eigenvalue weighted by Crippen LogP contribution is 2.31. The molecule has 1 aromatic rings. The number of guanidine groups is 1. The highest BCUT2D eigenvalue weighted by Gasteiger charge is 2.25. The van der Waals surface area contributed by atoms with Crippen LogP contribution in [-0.4, -0.2) is 57.9 Å². The van der Waals surface area contributed by atoms with Gasteiger partial charge in [0.25, 0.3) is 0 Å². The zero-order valence-corrected chi connectivity index (χ0v) is 21.1. The van der Waals surface area contributed by atoms with Crippen LogP contribution >= 0.6 is 24.0 Å². The number of anilines is 1. The van der Waals surface area contributed by atoms with Gasteiger partial charge in [0.2, 0.25) is 0 Å². The van der Waals surface area contributed by atoms with Crippen molar-refractivity contribution in [1.82, 2.24) is 10.6 Å². The Morgan fingerprint density at radius 3 is 2.72 bits per heavy atom. The molecule has 10 heteroatoms. The maximum atomic E-state index is 12.7. The maximum absolute atomic E-state index is 12.7. The first kappa shape index (κ1) is 28.2. The lowest BCUT2D eigenvalue weighted by Gasteiger charge is -2.22. The zero-order chi connectivity index (χ0) is 22.5. The Morgan fingerprint density at radius 1 is 1.25 bits per heavy atom. The molecule has 0 aliphatic carbocycles. The Morgan fingerprint density at radius 2 is 2.00 bits per heavy atom. The van der Waals surface area contributed by atoms with Crippen LogP contribution in [0.15, 0.2) is 29.3 Å². The van der Waals surface area contributed by atoms with Crippen LogP contribution < -0.4 is 20.3 Å². The van der Waals surface area contributed by atoms with Crippen LogP contribution in [0.2, 0.25) is 0 Å². The lowest BCUT2D eigenvalue weighted by molar-refractivity contribution is -0.143. The molecule has 2 N–H and O–H groups in total. The summed E-state index contributed by atoms with van der Waals surface area (Å²) in [6.45, 7) is 1.63. The summed E-state index contributed by atoms with van der Waals surface area (Å²) in [7, 11) is 1.73. The minimum atomic E-state index is -2.84. The minimum Gasteiger partial charge on any atom is -0.466 e. The SMILES string of the molecule is CCOC(=O)CCCCCCNC(=NC)NC1CCN(c2ccccc2OC(F)F)C1.I. The summed E-state index contributed by atoms with van der Waals surface area (Å²) in [5.74, 6) is 0.804. The molecule has 1 aliphatic heterocycles. The van der Waals surface area contributed by atoms with Gasteiger partial charge in [-0.2, -0.15) is 8.78 Å². The van der Waals surface area contributed by atoms with E-state index in [2.05, 4.69) is 20.4 Å². The number of alkyl halides is 2. The van der Waals surface area contributed by atoms with Crippen molar-refractivity contribution in [3.05, 3.63) is 24.3 Å². The van der Waals surface area contributed by atoms with Gasteiger partial charge in [-0.3, -0.25) is 9.79 Å². The maximum Gasteiger partial charge on any atom is 0.387 e. The molecule has 182 valence electrons. The van der Waals surface area contributed by atoms with E-state index in [-0.39, 0.29) is 41.7 Å². The normalized spacial score (nSPS) is 16.0. The number of aliphatic imine (C=N–C) groups is 1. The lowest BCUT2D eigenvalue weighted by Crippen LogP contribution is -2.44. The Hall–Kier alpha value is -1.85. The van der Waals surface area contributed by atoms with Crippen LogP contribution in [0.25, 0.3) is 0 Å². The van der Waals surface area contributed by atoms with Crippen molar-refractivity contribution in [2.24, 2.45) is 4.99 Å². The number of hydrogen-bond donors (Lipinski definition) is 2. The smallest absolute Gasteiger partial charge is 0.387 e. The Kier molecular flexibility index (Phi) is 14.0. The predicted octanol–water partition coefficient (Wildman–Crippen LogP) is 4.16. The molecule has 0 spiro atoms. The third-order valence-corrected chi connectivity index (χ3v) is 5.08. The van der Waals surface area contributed by atoms with E-state index >= 15 is 0 Å². The van der Waals surface area contributed by atoms with Gasteiger partial charge in [0, 0.05) is 39.1 Å². The molecule has 1 fully saturated rings. The van der Waals surface area contributed by atoms with Gasteiger partial charge >= 0.3 is 12.6 Å². The molecule has 32 heavy (non-hydrogen) atoms. The molecule has 0 amide bonds. The van der Waals surface area contributed by atoms with E-state index in [1.165, 1.54) is 0 Å². The first-order valence-corrected chi connectivity index (χ1v) is 10.9. The molecule has 0 saturated carbocycles. The summed E-state index contributed by atoms with van der Waals surface area (Å²) < 4.78 is 34.9. The van der Waals surface area contributed by atoms with Gasteiger partial charge < -0.3 is 25.0 Å². The standard InChI is InChI=1S/C22H34F2N4O3.HI/c1-3-30-20(29)12-6-4-5-9-14-26-22(25-2)27-17-13-15-28(16-17)18-10-7-8-11-19(18)31-21(23)24;/h7-8,10-11,17,21H,3-6,9,12-16H2,1-2H3,(H2,25,26,27);1H. The Balaban J connectivity index is 0.00000512. The molecule has 1 saturated heterocycles. The largest absolute Gasteiger partial charge is 0.466 e. The average molecular weight is 568 g/mol. The van der Waals surface area contributed by atoms with E-state index in [9.17, 15) is 13.6 Å². The number of ether oxygens (including phenoxy) is 2. The quantitative estimate of drug-likeness (QED) is 0.130. The summed E-state index contributed by atoms with van der Waals surface area (Å²) >= 11 is 0. The van der Waals surface area contributed by atoms with Crippen LogP contribution in [-0.2, 0) is 9.53 Å². The molecule has 1 aromatic carbocycles. The van der Waals surface area contributed by atoms with Gasteiger partial charge in [-0.25, -0.2) is 0 Å². The number of nitrogens with zero attached hydrogens (tertiary/aromatic N) is 2. The summed E-state index contributed by atoms with van der Waals surface area (Å²) in [6, 6.07) is 7.04. The number of rotatable bonds is 12. The second-order valence-corrected chi connectivity index (χ2v) is 7.39. The fourth-order valence-electron chi connectivity index (χ4n) is 3.59. The van der Waals surface area contributed by atoms with Gasteiger partial charge in [0.15, 0.2) is 5.96 Å². The fraction of sp³-hybridized carbons (Fsp3) is 0.636. The molecule has 7 nitrogen and oxygen atoms in total. The second kappa shape index (κ2) is 15.9. The van der Waals surface area contributed by atoms with E-state index in [0.29, 0.717) is 25.3 Å². The number of halogens is 3. The van der Waals surface area contributed by atoms with Crippen molar-refractivity contribution < 1.29 is 23.0 Å². The van der Waals surface area contributed by atoms with Crippen LogP contribution in [0, 0.1) is 0 Å². The highest BCUT2D eigenvalue weighted by atomic mass is 127. The molecule has 1 unspecified atom stereocenters. The first-order valence-electron chi connectivity index (χ1n) is 10.9. The third-order valence-electron chi connectivity index (χ3n) is 5.08. The molecule has 1 heterocycles. The van der Waals surface area contributed by atoms with Gasteiger partial charge in [-0.1, -0.05) is 25.0 Å². The average Bonchev–Trinajstić information content (AvgIpc) is 3.20. The van der Waals surface area contributed by atoms with Gasteiger partial charge in [0.1, 0.15) is 5.75 Å². The van der Waals surface area contributed by atoms with Gasteiger partial charge in [0.05, 0.1) is 12.3 Å². The van der Waals surface area contributed by atoms with E-state index in [4.69, 9.17) is 4.74 Å². The lowest BCUT2D eigenvalue weighted by atomic mass is 10.1. The topological polar surface area (TPSA) is 75.2 Å². The van der Waals surface area contributed by atoms with Gasteiger partial charge in [-0.05, 0) is 38.3 Å². The Bertz CT molecular complexity index is 710. The molecular formula is C22H35F2IN4O3. The van der Waals surface area contributed by atoms with Crippen molar-refractivity contribution in [2.75, 3.05) is 38.2 Å². The molecule has 1 aliphatic rings. The van der Waals surface area contributed by atoms with Crippen LogP contribution in [0.4, 0.5) is 14.5 Å². The van der Waals surface area contributed by atoms with Gasteiger partial charge in [-0.15, -0.1) is 24.0 Å². The second-order valence-electron chi connectivity index (χ2n) is 7.39. The molecular weight excluding hydrogens is 533 g/mol. The summed E-state index contributed by atoms with van der Waals surface area (Å²) in [5, 5.41) is 6.72. The zero-order valence-electron chi connectivity index (χ0n) is 18.8. The number of unbranched alkanes of at least 4 members (excludes halogenated alkanes) is 3. The number of esters is 1. The molecule has 2 rings (SSSR count). The molecule has 0 aromatic heterocycles. The Labute approximate surface area is 206 Å².